The minimum atomic E-state index is 0.00634. The number of benzene rings is 2. The first kappa shape index (κ1) is 20.5. The first-order valence-electron chi connectivity index (χ1n) is 10.3. The number of rotatable bonds is 6. The van der Waals surface area contributed by atoms with Crippen molar-refractivity contribution in [2.45, 2.75) is 19.4 Å². The van der Waals surface area contributed by atoms with Crippen LogP contribution >= 0.6 is 11.3 Å². The largest absolute Gasteiger partial charge is 0.352 e. The Morgan fingerprint density at radius 1 is 1.03 bits per heavy atom. The van der Waals surface area contributed by atoms with Crippen LogP contribution in [0.4, 0.5) is 0 Å². The Labute approximate surface area is 180 Å². The van der Waals surface area contributed by atoms with E-state index >= 15 is 0 Å². The van der Waals surface area contributed by atoms with Crippen LogP contribution in [0, 0.1) is 0 Å². The van der Waals surface area contributed by atoms with Gasteiger partial charge in [0.1, 0.15) is 0 Å². The topological polar surface area (TPSA) is 65.5 Å². The highest BCUT2D eigenvalue weighted by Gasteiger charge is 2.20. The summed E-state index contributed by atoms with van der Waals surface area (Å²) in [6, 6.07) is 15.5. The molecule has 1 aliphatic heterocycles. The molecule has 1 fully saturated rings. The van der Waals surface area contributed by atoms with Crippen molar-refractivity contribution >= 4 is 33.4 Å². The highest BCUT2D eigenvalue weighted by molar-refractivity contribution is 7.18. The van der Waals surface area contributed by atoms with Crippen LogP contribution in [0.25, 0.3) is 10.2 Å². The molecular formula is C23H26N4O2S. The van der Waals surface area contributed by atoms with Gasteiger partial charge in [-0.25, -0.2) is 4.98 Å². The van der Waals surface area contributed by atoms with E-state index in [1.54, 1.807) is 11.3 Å². The van der Waals surface area contributed by atoms with Gasteiger partial charge >= 0.3 is 0 Å². The summed E-state index contributed by atoms with van der Waals surface area (Å²) in [5, 5.41) is 3.94. The highest BCUT2D eigenvalue weighted by atomic mass is 32.1. The molecule has 2 amide bonds. The van der Waals surface area contributed by atoms with E-state index in [4.69, 9.17) is 0 Å². The lowest BCUT2D eigenvalue weighted by Gasteiger charge is -2.32. The number of hydrogen-bond donors (Lipinski definition) is 1. The van der Waals surface area contributed by atoms with Crippen molar-refractivity contribution in [3.8, 4) is 0 Å². The highest BCUT2D eigenvalue weighted by Crippen LogP contribution is 2.22. The Kier molecular flexibility index (Phi) is 6.40. The molecule has 0 spiro atoms. The Balaban J connectivity index is 1.24. The zero-order valence-corrected chi connectivity index (χ0v) is 18.0. The molecule has 1 aromatic heterocycles. The number of nitrogens with zero attached hydrogens (tertiary/aromatic N) is 3. The molecule has 156 valence electrons. The van der Waals surface area contributed by atoms with Crippen molar-refractivity contribution in [2.75, 3.05) is 33.2 Å². The molecule has 2 heterocycles. The molecule has 2 aromatic carbocycles. The number of piperazine rings is 1. The third-order valence-electron chi connectivity index (χ3n) is 5.39. The fourth-order valence-electron chi connectivity index (χ4n) is 3.49. The summed E-state index contributed by atoms with van der Waals surface area (Å²) in [6.07, 6.45) is 1.06. The number of thiazole rings is 1. The Morgan fingerprint density at radius 3 is 2.50 bits per heavy atom. The number of likely N-dealkylation sites (N-methyl/N-ethyl adjacent to an activating group) is 1. The fourth-order valence-corrected chi connectivity index (χ4v) is 4.46. The van der Waals surface area contributed by atoms with Gasteiger partial charge < -0.3 is 15.1 Å². The number of fused-ring (bicyclic) bond motifs is 1. The van der Waals surface area contributed by atoms with Crippen molar-refractivity contribution in [2.24, 2.45) is 0 Å². The van der Waals surface area contributed by atoms with Crippen LogP contribution in [-0.4, -0.2) is 59.8 Å². The molecule has 0 atom stereocenters. The minimum absolute atomic E-state index is 0.00634. The van der Waals surface area contributed by atoms with Crippen LogP contribution in [0.2, 0.25) is 0 Å². The van der Waals surface area contributed by atoms with Crippen molar-refractivity contribution in [1.82, 2.24) is 20.1 Å². The van der Waals surface area contributed by atoms with E-state index in [0.29, 0.717) is 24.9 Å². The summed E-state index contributed by atoms with van der Waals surface area (Å²) in [6.45, 7) is 3.81. The van der Waals surface area contributed by atoms with E-state index in [0.717, 1.165) is 47.0 Å². The van der Waals surface area contributed by atoms with E-state index < -0.39 is 0 Å². The zero-order chi connectivity index (χ0) is 20.9. The molecule has 7 heteroatoms. The summed E-state index contributed by atoms with van der Waals surface area (Å²) in [5.41, 5.74) is 2.67. The smallest absolute Gasteiger partial charge is 0.253 e. The van der Waals surface area contributed by atoms with Gasteiger partial charge in [0.05, 0.1) is 15.2 Å². The van der Waals surface area contributed by atoms with Gasteiger partial charge in [-0.15, -0.1) is 11.3 Å². The van der Waals surface area contributed by atoms with E-state index in [1.165, 1.54) is 0 Å². The average Bonchev–Trinajstić information content (AvgIpc) is 3.20. The Bertz CT molecular complexity index is 990. The molecule has 1 N–H and O–H groups in total. The van der Waals surface area contributed by atoms with E-state index in [2.05, 4.69) is 28.3 Å². The molecule has 1 aliphatic rings. The van der Waals surface area contributed by atoms with Crippen LogP contribution in [0.5, 0.6) is 0 Å². The van der Waals surface area contributed by atoms with Crippen molar-refractivity contribution in [3.05, 3.63) is 64.7 Å². The lowest BCUT2D eigenvalue weighted by Crippen LogP contribution is -2.47. The predicted molar refractivity (Wildman–Crippen MR) is 120 cm³/mol. The second-order valence-electron chi connectivity index (χ2n) is 7.64. The quantitative estimate of drug-likeness (QED) is 0.663. The van der Waals surface area contributed by atoms with Crippen LogP contribution in [0.15, 0.2) is 48.5 Å². The average molecular weight is 423 g/mol. The third-order valence-corrected chi connectivity index (χ3v) is 6.48. The van der Waals surface area contributed by atoms with Gasteiger partial charge in [-0.05, 0) is 36.9 Å². The molecule has 30 heavy (non-hydrogen) atoms. The van der Waals surface area contributed by atoms with Gasteiger partial charge in [0.25, 0.3) is 5.91 Å². The predicted octanol–water partition coefficient (Wildman–Crippen LogP) is 2.93. The van der Waals surface area contributed by atoms with Gasteiger partial charge in [0, 0.05) is 51.1 Å². The molecule has 0 radical (unpaired) electrons. The number of carbonyl (C=O) groups is 2. The summed E-state index contributed by atoms with van der Waals surface area (Å²) < 4.78 is 1.15. The molecule has 0 bridgehead atoms. The van der Waals surface area contributed by atoms with Gasteiger partial charge in [-0.3, -0.25) is 9.59 Å². The number of aryl methyl sites for hydroxylation is 1. The summed E-state index contributed by atoms with van der Waals surface area (Å²) in [7, 11) is 2.07. The summed E-state index contributed by atoms with van der Waals surface area (Å²) >= 11 is 1.64. The third kappa shape index (κ3) is 5.04. The second-order valence-corrected chi connectivity index (χ2v) is 8.76. The number of nitrogens with one attached hydrogen (secondary N) is 1. The van der Waals surface area contributed by atoms with Crippen LogP contribution < -0.4 is 5.32 Å². The zero-order valence-electron chi connectivity index (χ0n) is 17.1. The molecule has 0 unspecified atom stereocenters. The SMILES string of the molecule is CN1CCN(C(=O)c2ccc(CNC(=O)CCc3nc4ccccc4s3)cc2)CC1. The van der Waals surface area contributed by atoms with Crippen molar-refractivity contribution < 1.29 is 9.59 Å². The molecular weight excluding hydrogens is 396 g/mol. The number of amides is 2. The maximum Gasteiger partial charge on any atom is 0.253 e. The molecule has 0 saturated carbocycles. The fraction of sp³-hybridized carbons (Fsp3) is 0.348. The van der Waals surface area contributed by atoms with Crippen LogP contribution in [-0.2, 0) is 17.8 Å². The van der Waals surface area contributed by atoms with Gasteiger partial charge in [-0.2, -0.15) is 0 Å². The first-order chi connectivity index (χ1) is 14.6. The van der Waals surface area contributed by atoms with Gasteiger partial charge in [0.2, 0.25) is 5.91 Å². The van der Waals surface area contributed by atoms with Crippen molar-refractivity contribution in [3.63, 3.8) is 0 Å². The normalized spacial score (nSPS) is 14.8. The van der Waals surface area contributed by atoms with Crippen LogP contribution in [0.1, 0.15) is 27.3 Å². The van der Waals surface area contributed by atoms with E-state index in [-0.39, 0.29) is 11.8 Å². The number of para-hydroxylation sites is 1. The monoisotopic (exact) mass is 422 g/mol. The maximum atomic E-state index is 12.6. The number of aromatic nitrogens is 1. The summed E-state index contributed by atoms with van der Waals surface area (Å²) in [4.78, 5) is 33.5. The molecule has 0 aliphatic carbocycles. The Hall–Kier alpha value is -2.77. The molecule has 1 saturated heterocycles. The molecule has 3 aromatic rings. The van der Waals surface area contributed by atoms with Crippen molar-refractivity contribution in [1.29, 1.82) is 0 Å². The van der Waals surface area contributed by atoms with Gasteiger partial charge in [-0.1, -0.05) is 24.3 Å². The van der Waals surface area contributed by atoms with Gasteiger partial charge in [0.15, 0.2) is 0 Å². The maximum absolute atomic E-state index is 12.6. The number of carbonyl (C=O) groups excluding carboxylic acids is 2. The lowest BCUT2D eigenvalue weighted by atomic mass is 10.1. The lowest BCUT2D eigenvalue weighted by molar-refractivity contribution is -0.121. The van der Waals surface area contributed by atoms with E-state index in [9.17, 15) is 9.59 Å². The molecule has 4 rings (SSSR count). The first-order valence-corrected chi connectivity index (χ1v) is 11.1. The van der Waals surface area contributed by atoms with E-state index in [1.807, 2.05) is 47.4 Å². The van der Waals surface area contributed by atoms with Crippen LogP contribution in [0.3, 0.4) is 0 Å². The Morgan fingerprint density at radius 2 is 1.77 bits per heavy atom. The second kappa shape index (κ2) is 9.36. The standard InChI is InChI=1S/C23H26N4O2S/c1-26-12-14-27(15-13-26)23(29)18-8-6-17(7-9-18)16-24-21(28)10-11-22-25-19-4-2-3-5-20(19)30-22/h2-9H,10-16H2,1H3,(H,24,28). The number of hydrogen-bond acceptors (Lipinski definition) is 5. The summed E-state index contributed by atoms with van der Waals surface area (Å²) in [5.74, 6) is 0.0846. The molecule has 6 nitrogen and oxygen atoms in total. The minimum Gasteiger partial charge on any atom is -0.352 e.